The van der Waals surface area contributed by atoms with E-state index in [4.69, 9.17) is 10.5 Å². The zero-order valence-corrected chi connectivity index (χ0v) is 14.6. The fourth-order valence-corrected chi connectivity index (χ4v) is 4.15. The van der Waals surface area contributed by atoms with Gasteiger partial charge in [-0.1, -0.05) is 30.3 Å². The van der Waals surface area contributed by atoms with Crippen LogP contribution in [0.5, 0.6) is 0 Å². The molecule has 2 atom stereocenters. The number of amides is 2. The monoisotopic (exact) mass is 353 g/mol. The number of fused-ring (bicyclic) bond motifs is 1. The fraction of sp³-hybridized carbons (Fsp3) is 0.400. The van der Waals surface area contributed by atoms with Gasteiger partial charge in [-0.2, -0.15) is 0 Å². The quantitative estimate of drug-likeness (QED) is 0.905. The Bertz CT molecular complexity index is 817. The van der Waals surface area contributed by atoms with Crippen molar-refractivity contribution in [3.63, 3.8) is 0 Å². The third kappa shape index (κ3) is 2.90. The van der Waals surface area contributed by atoms with Crippen LogP contribution in [0.3, 0.4) is 0 Å². The van der Waals surface area contributed by atoms with Gasteiger partial charge in [-0.15, -0.1) is 0 Å². The highest BCUT2D eigenvalue weighted by Crippen LogP contribution is 2.42. The maximum Gasteiger partial charge on any atom is 0.255 e. The molecule has 0 bridgehead atoms. The third-order valence-electron chi connectivity index (χ3n) is 5.69. The molecule has 2 fully saturated rings. The highest BCUT2D eigenvalue weighted by Gasteiger charge is 2.53. The minimum absolute atomic E-state index is 0.0101. The maximum absolute atomic E-state index is 12.9. The Hall–Kier alpha value is -2.60. The van der Waals surface area contributed by atoms with Gasteiger partial charge in [-0.3, -0.25) is 9.59 Å². The van der Waals surface area contributed by atoms with Crippen LogP contribution in [-0.2, 0) is 16.1 Å². The molecule has 2 aliphatic heterocycles. The van der Waals surface area contributed by atoms with Gasteiger partial charge in [0.15, 0.2) is 0 Å². The molecule has 1 aromatic carbocycles. The van der Waals surface area contributed by atoms with E-state index in [9.17, 15) is 9.59 Å². The molecule has 6 heteroatoms. The molecule has 0 saturated carbocycles. The fourth-order valence-electron chi connectivity index (χ4n) is 4.15. The lowest BCUT2D eigenvalue weighted by molar-refractivity contribution is -0.135. The first kappa shape index (κ1) is 16.8. The number of carbonyl (C=O) groups is 2. The van der Waals surface area contributed by atoms with Gasteiger partial charge < -0.3 is 19.9 Å². The second-order valence-electron chi connectivity index (χ2n) is 7.29. The molecule has 2 saturated heterocycles. The van der Waals surface area contributed by atoms with Crippen molar-refractivity contribution in [1.29, 1.82) is 0 Å². The van der Waals surface area contributed by atoms with Gasteiger partial charge >= 0.3 is 0 Å². The molecule has 26 heavy (non-hydrogen) atoms. The molecule has 2 aromatic rings. The number of likely N-dealkylation sites (tertiary alicyclic amines) is 1. The molecule has 2 N–H and O–H groups in total. The lowest BCUT2D eigenvalue weighted by atomic mass is 9.74. The molecule has 6 nitrogen and oxygen atoms in total. The Morgan fingerprint density at radius 3 is 2.77 bits per heavy atom. The summed E-state index contributed by atoms with van der Waals surface area (Å²) in [4.78, 5) is 26.8. The summed E-state index contributed by atoms with van der Waals surface area (Å²) in [6.45, 7) is 2.64. The number of hydrogen-bond donors (Lipinski definition) is 1. The van der Waals surface area contributed by atoms with Gasteiger partial charge in [0.1, 0.15) is 0 Å². The summed E-state index contributed by atoms with van der Waals surface area (Å²) in [5.41, 5.74) is 6.88. The van der Waals surface area contributed by atoms with Crippen LogP contribution in [0.25, 0.3) is 0 Å². The molecular weight excluding hydrogens is 330 g/mol. The minimum Gasteiger partial charge on any atom is -0.381 e. The van der Waals surface area contributed by atoms with Crippen molar-refractivity contribution in [2.45, 2.75) is 13.0 Å². The highest BCUT2D eigenvalue weighted by atomic mass is 16.5. The van der Waals surface area contributed by atoms with Crippen LogP contribution >= 0.6 is 0 Å². The van der Waals surface area contributed by atoms with Gasteiger partial charge in [-0.25, -0.2) is 0 Å². The number of primary amides is 1. The van der Waals surface area contributed by atoms with Crippen molar-refractivity contribution in [3.05, 3.63) is 59.9 Å². The van der Waals surface area contributed by atoms with Gasteiger partial charge in [0.2, 0.25) is 5.91 Å². The van der Waals surface area contributed by atoms with Crippen LogP contribution in [0.4, 0.5) is 0 Å². The van der Waals surface area contributed by atoms with Crippen LogP contribution in [-0.4, -0.2) is 47.6 Å². The van der Waals surface area contributed by atoms with Crippen molar-refractivity contribution >= 4 is 11.8 Å². The van der Waals surface area contributed by atoms with E-state index >= 15 is 0 Å². The number of carbonyl (C=O) groups excluding carboxylic acids is 2. The van der Waals surface area contributed by atoms with Gasteiger partial charge in [-0.05, 0) is 18.1 Å². The Balaban J connectivity index is 1.49. The first-order chi connectivity index (χ1) is 12.6. The summed E-state index contributed by atoms with van der Waals surface area (Å²) in [5.74, 6) is -0.376. The Morgan fingerprint density at radius 1 is 1.23 bits per heavy atom. The number of hydrogen-bond acceptors (Lipinski definition) is 3. The van der Waals surface area contributed by atoms with E-state index in [0.29, 0.717) is 38.3 Å². The average Bonchev–Trinajstić information content (AvgIpc) is 3.27. The number of benzene rings is 1. The molecule has 136 valence electrons. The Morgan fingerprint density at radius 2 is 2.04 bits per heavy atom. The molecule has 2 amide bonds. The number of rotatable bonds is 4. The molecule has 3 heterocycles. The van der Waals surface area contributed by atoms with Crippen LogP contribution in [0, 0.1) is 11.3 Å². The van der Waals surface area contributed by atoms with Crippen molar-refractivity contribution in [2.24, 2.45) is 17.1 Å². The van der Waals surface area contributed by atoms with Crippen LogP contribution in [0.1, 0.15) is 22.3 Å². The second kappa shape index (κ2) is 6.61. The number of nitrogens with two attached hydrogens (primary N) is 1. The lowest BCUT2D eigenvalue weighted by Crippen LogP contribution is -2.48. The molecule has 0 unspecified atom stereocenters. The molecule has 0 radical (unpaired) electrons. The van der Waals surface area contributed by atoms with Gasteiger partial charge in [0, 0.05) is 44.6 Å². The first-order valence-electron chi connectivity index (χ1n) is 8.95. The van der Waals surface area contributed by atoms with Gasteiger partial charge in [0.25, 0.3) is 5.91 Å². The molecular formula is C20H23N3O3. The van der Waals surface area contributed by atoms with Crippen molar-refractivity contribution in [2.75, 3.05) is 26.3 Å². The summed E-state index contributed by atoms with van der Waals surface area (Å²) in [7, 11) is 0. The number of nitrogens with zero attached hydrogens (tertiary/aromatic N) is 2. The van der Waals surface area contributed by atoms with E-state index in [1.54, 1.807) is 4.90 Å². The largest absolute Gasteiger partial charge is 0.381 e. The van der Waals surface area contributed by atoms with E-state index in [1.807, 2.05) is 41.2 Å². The second-order valence-corrected chi connectivity index (χ2v) is 7.29. The van der Waals surface area contributed by atoms with E-state index < -0.39 is 5.41 Å². The number of aromatic nitrogens is 1. The topological polar surface area (TPSA) is 77.6 Å². The normalized spacial score (nSPS) is 25.1. The zero-order chi connectivity index (χ0) is 18.1. The SMILES string of the molecule is NC(=O)[C@]12CCOC[C@H]1CN(C(=O)c1ccn(Cc3ccccc3)c1)C2. The Labute approximate surface area is 152 Å². The lowest BCUT2D eigenvalue weighted by Gasteiger charge is -2.34. The highest BCUT2D eigenvalue weighted by molar-refractivity contribution is 5.95. The predicted molar refractivity (Wildman–Crippen MR) is 96.4 cm³/mol. The minimum atomic E-state index is -0.638. The molecule has 4 rings (SSSR count). The van der Waals surface area contributed by atoms with E-state index in [1.165, 1.54) is 5.56 Å². The average molecular weight is 353 g/mol. The predicted octanol–water partition coefficient (Wildman–Crippen LogP) is 1.50. The summed E-state index contributed by atoms with van der Waals surface area (Å²) in [5, 5.41) is 0. The van der Waals surface area contributed by atoms with E-state index in [0.717, 1.165) is 6.54 Å². The van der Waals surface area contributed by atoms with Crippen molar-refractivity contribution in [3.8, 4) is 0 Å². The zero-order valence-electron chi connectivity index (χ0n) is 14.6. The van der Waals surface area contributed by atoms with Gasteiger partial charge in [0.05, 0.1) is 17.6 Å². The van der Waals surface area contributed by atoms with Crippen molar-refractivity contribution in [1.82, 2.24) is 9.47 Å². The van der Waals surface area contributed by atoms with Crippen LogP contribution in [0.15, 0.2) is 48.8 Å². The summed E-state index contributed by atoms with van der Waals surface area (Å²) in [6, 6.07) is 11.9. The maximum atomic E-state index is 12.9. The first-order valence-corrected chi connectivity index (χ1v) is 8.95. The third-order valence-corrected chi connectivity index (χ3v) is 5.69. The Kier molecular flexibility index (Phi) is 4.28. The molecule has 0 aliphatic carbocycles. The van der Waals surface area contributed by atoms with E-state index in [2.05, 4.69) is 12.1 Å². The summed E-state index contributed by atoms with van der Waals surface area (Å²) < 4.78 is 7.51. The summed E-state index contributed by atoms with van der Waals surface area (Å²) in [6.07, 6.45) is 4.37. The van der Waals surface area contributed by atoms with Crippen LogP contribution < -0.4 is 5.73 Å². The van der Waals surface area contributed by atoms with Crippen molar-refractivity contribution < 1.29 is 14.3 Å². The molecule has 2 aliphatic rings. The summed E-state index contributed by atoms with van der Waals surface area (Å²) >= 11 is 0. The number of ether oxygens (including phenoxy) is 1. The molecule has 1 aromatic heterocycles. The smallest absolute Gasteiger partial charge is 0.255 e. The standard InChI is InChI=1S/C20H23N3O3/c21-19(25)20-7-9-26-13-17(20)12-23(14-20)18(24)16-6-8-22(11-16)10-15-4-2-1-3-5-15/h1-6,8,11,17H,7,9-10,12-14H2,(H2,21,25)/t17-,20+/m1/s1. The van der Waals surface area contributed by atoms with Crippen LogP contribution in [0.2, 0.25) is 0 Å². The molecule has 0 spiro atoms. The van der Waals surface area contributed by atoms with E-state index in [-0.39, 0.29) is 17.7 Å².